The molecule has 0 aliphatic rings. The van der Waals surface area contributed by atoms with Crippen molar-refractivity contribution < 1.29 is 27.4 Å². The summed E-state index contributed by atoms with van der Waals surface area (Å²) in [6.07, 6.45) is 13.0. The zero-order chi connectivity index (χ0) is 29.7. The summed E-state index contributed by atoms with van der Waals surface area (Å²) in [5.41, 5.74) is -0.471. The average molecular weight is 571 g/mol. The fraction of sp³-hybridized carbons (Fsp3) is 0.485. The van der Waals surface area contributed by atoms with E-state index in [1.165, 1.54) is 25.7 Å². The number of ether oxygens (including phenoxy) is 2. The number of unbranched alkanes of at least 4 members (excludes halogenated alkanes) is 8. The van der Waals surface area contributed by atoms with Crippen LogP contribution in [0.3, 0.4) is 0 Å². The lowest BCUT2D eigenvalue weighted by Gasteiger charge is -2.18. The van der Waals surface area contributed by atoms with Gasteiger partial charge >= 0.3 is 5.97 Å². The van der Waals surface area contributed by atoms with Gasteiger partial charge in [-0.1, -0.05) is 77.3 Å². The number of nitrogens with zero attached hydrogens (tertiary/aromatic N) is 2. The molecular formula is C33H41F3N2O3. The van der Waals surface area contributed by atoms with Crippen molar-refractivity contribution in [3.8, 4) is 34.0 Å². The first-order valence-corrected chi connectivity index (χ1v) is 14.7. The highest BCUT2D eigenvalue weighted by Gasteiger charge is 2.34. The van der Waals surface area contributed by atoms with Crippen molar-refractivity contribution >= 4 is 5.97 Å². The van der Waals surface area contributed by atoms with Crippen LogP contribution in [0, 0.1) is 11.6 Å². The van der Waals surface area contributed by atoms with Gasteiger partial charge in [-0.15, -0.1) is 0 Å². The predicted octanol–water partition coefficient (Wildman–Crippen LogP) is 9.43. The number of halogens is 3. The monoisotopic (exact) mass is 570 g/mol. The number of aromatic nitrogens is 2. The van der Waals surface area contributed by atoms with Crippen molar-refractivity contribution in [2.75, 3.05) is 6.61 Å². The van der Waals surface area contributed by atoms with Crippen molar-refractivity contribution in [3.05, 3.63) is 60.4 Å². The van der Waals surface area contributed by atoms with Gasteiger partial charge < -0.3 is 9.47 Å². The van der Waals surface area contributed by atoms with Crippen molar-refractivity contribution in [1.29, 1.82) is 0 Å². The maximum Gasteiger partial charge on any atom is 0.348 e. The Labute approximate surface area is 241 Å². The fourth-order valence-electron chi connectivity index (χ4n) is 4.42. The van der Waals surface area contributed by atoms with Crippen LogP contribution in [0.15, 0.2) is 48.8 Å². The smallest absolute Gasteiger partial charge is 0.348 e. The Kier molecular flexibility index (Phi) is 12.6. The van der Waals surface area contributed by atoms with E-state index in [-0.39, 0.29) is 30.2 Å². The quantitative estimate of drug-likeness (QED) is 0.0919. The Hall–Kier alpha value is -3.42. The lowest BCUT2D eigenvalue weighted by atomic mass is 9.99. The Morgan fingerprint density at radius 2 is 1.34 bits per heavy atom. The normalized spacial score (nSPS) is 12.6. The molecule has 0 bridgehead atoms. The molecule has 0 amide bonds. The summed E-state index contributed by atoms with van der Waals surface area (Å²) in [5, 5.41) is 0. The van der Waals surface area contributed by atoms with Crippen LogP contribution in [0.1, 0.15) is 91.4 Å². The molecule has 0 saturated carbocycles. The van der Waals surface area contributed by atoms with E-state index in [0.29, 0.717) is 12.0 Å². The van der Waals surface area contributed by atoms with E-state index < -0.39 is 29.0 Å². The van der Waals surface area contributed by atoms with E-state index in [0.717, 1.165) is 69.1 Å². The molecule has 0 aliphatic heterocycles. The molecule has 5 nitrogen and oxygen atoms in total. The Morgan fingerprint density at radius 1 is 0.780 bits per heavy atom. The number of carbonyl (C=O) groups is 1. The van der Waals surface area contributed by atoms with Gasteiger partial charge in [0.15, 0.2) is 23.2 Å². The van der Waals surface area contributed by atoms with E-state index in [2.05, 4.69) is 23.8 Å². The summed E-state index contributed by atoms with van der Waals surface area (Å²) in [5.74, 6) is -2.49. The van der Waals surface area contributed by atoms with Crippen LogP contribution in [0.25, 0.3) is 22.5 Å². The van der Waals surface area contributed by atoms with E-state index >= 15 is 0 Å². The predicted molar refractivity (Wildman–Crippen MR) is 156 cm³/mol. The third-order valence-electron chi connectivity index (χ3n) is 6.98. The first-order chi connectivity index (χ1) is 19.7. The molecule has 0 saturated heterocycles. The van der Waals surface area contributed by atoms with Gasteiger partial charge in [0.05, 0.1) is 6.61 Å². The molecule has 41 heavy (non-hydrogen) atoms. The van der Waals surface area contributed by atoms with Crippen LogP contribution >= 0.6 is 0 Å². The van der Waals surface area contributed by atoms with Gasteiger partial charge in [-0.25, -0.2) is 27.9 Å². The third kappa shape index (κ3) is 9.87. The molecule has 0 aliphatic carbocycles. The maximum absolute atomic E-state index is 14.9. The second-order valence-corrected chi connectivity index (χ2v) is 10.6. The molecule has 3 aromatic rings. The number of benzene rings is 2. The Balaban J connectivity index is 1.57. The first kappa shape index (κ1) is 32.1. The summed E-state index contributed by atoms with van der Waals surface area (Å²) in [6, 6.07) is 8.88. The molecule has 8 heteroatoms. The van der Waals surface area contributed by atoms with Crippen LogP contribution in [0.2, 0.25) is 0 Å². The van der Waals surface area contributed by atoms with E-state index in [1.54, 1.807) is 24.3 Å². The lowest BCUT2D eigenvalue weighted by molar-refractivity contribution is -0.147. The molecule has 1 heterocycles. The summed E-state index contributed by atoms with van der Waals surface area (Å²) >= 11 is 0. The largest absolute Gasteiger partial charge is 0.488 e. The molecule has 0 unspecified atom stereocenters. The fourth-order valence-corrected chi connectivity index (χ4v) is 4.42. The molecule has 1 atom stereocenters. The average Bonchev–Trinajstić information content (AvgIpc) is 2.96. The van der Waals surface area contributed by atoms with Crippen LogP contribution in [-0.4, -0.2) is 28.2 Å². The Morgan fingerprint density at radius 3 is 1.95 bits per heavy atom. The van der Waals surface area contributed by atoms with Crippen LogP contribution in [0.5, 0.6) is 11.5 Å². The second-order valence-electron chi connectivity index (χ2n) is 10.6. The summed E-state index contributed by atoms with van der Waals surface area (Å²) in [4.78, 5) is 20.9. The summed E-state index contributed by atoms with van der Waals surface area (Å²) < 4.78 is 54.6. The minimum absolute atomic E-state index is 0.127. The standard InChI is InChI=1S/C33H41F3N2O3/c1-4-6-8-10-11-12-18-33(3,36)32(39)41-27-16-14-24(15-17-27)26-22-37-31(38-23-26)25-20-28(34)30(29(35)21-25)40-19-13-9-7-5-2/h14-17,20-23H,4-13,18-19H2,1-3H3/t33-/m0/s1. The minimum Gasteiger partial charge on any atom is -0.488 e. The highest BCUT2D eigenvalue weighted by molar-refractivity contribution is 5.81. The van der Waals surface area contributed by atoms with Gasteiger partial charge in [0.2, 0.25) is 5.67 Å². The van der Waals surface area contributed by atoms with E-state index in [1.807, 2.05) is 0 Å². The SMILES string of the molecule is CCCCCCCC[C@](C)(F)C(=O)Oc1ccc(-c2cnc(-c3cc(F)c(OCCCCCC)c(F)c3)nc2)cc1. The van der Waals surface area contributed by atoms with Gasteiger partial charge in [0.1, 0.15) is 5.75 Å². The van der Waals surface area contributed by atoms with Crippen molar-refractivity contribution in [2.45, 2.75) is 97.1 Å². The third-order valence-corrected chi connectivity index (χ3v) is 6.98. The van der Waals surface area contributed by atoms with Gasteiger partial charge in [0.25, 0.3) is 0 Å². The van der Waals surface area contributed by atoms with Crippen molar-refractivity contribution in [2.24, 2.45) is 0 Å². The summed E-state index contributed by atoms with van der Waals surface area (Å²) in [6.45, 7) is 5.75. The molecule has 0 spiro atoms. The second kappa shape index (κ2) is 16.1. The number of hydrogen-bond acceptors (Lipinski definition) is 5. The molecule has 0 radical (unpaired) electrons. The van der Waals surface area contributed by atoms with E-state index in [4.69, 9.17) is 9.47 Å². The number of carbonyl (C=O) groups excluding carboxylic acids is 1. The van der Waals surface area contributed by atoms with Gasteiger partial charge in [-0.05, 0) is 56.0 Å². The molecular weight excluding hydrogens is 529 g/mol. The molecule has 2 aromatic carbocycles. The number of rotatable bonds is 17. The van der Waals surface area contributed by atoms with Crippen molar-refractivity contribution in [3.63, 3.8) is 0 Å². The number of esters is 1. The zero-order valence-electron chi connectivity index (χ0n) is 24.4. The van der Waals surface area contributed by atoms with Crippen molar-refractivity contribution in [1.82, 2.24) is 9.97 Å². The highest BCUT2D eigenvalue weighted by atomic mass is 19.1. The first-order valence-electron chi connectivity index (χ1n) is 14.7. The van der Waals surface area contributed by atoms with Crippen LogP contribution < -0.4 is 9.47 Å². The van der Waals surface area contributed by atoms with Gasteiger partial charge in [-0.2, -0.15) is 0 Å². The summed E-state index contributed by atoms with van der Waals surface area (Å²) in [7, 11) is 0. The topological polar surface area (TPSA) is 61.3 Å². The van der Waals surface area contributed by atoms with E-state index in [9.17, 15) is 18.0 Å². The maximum atomic E-state index is 14.9. The minimum atomic E-state index is -2.05. The highest BCUT2D eigenvalue weighted by Crippen LogP contribution is 2.29. The van der Waals surface area contributed by atoms with Gasteiger partial charge in [-0.3, -0.25) is 0 Å². The molecule has 1 aromatic heterocycles. The number of alkyl halides is 1. The van der Waals surface area contributed by atoms with Crippen LogP contribution in [0.4, 0.5) is 13.2 Å². The lowest BCUT2D eigenvalue weighted by Crippen LogP contribution is -2.34. The van der Waals surface area contributed by atoms with Gasteiger partial charge in [0, 0.05) is 23.5 Å². The molecule has 0 N–H and O–H groups in total. The zero-order valence-corrected chi connectivity index (χ0v) is 24.4. The molecule has 222 valence electrons. The van der Waals surface area contributed by atoms with Crippen LogP contribution in [-0.2, 0) is 4.79 Å². The Bertz CT molecular complexity index is 1210. The molecule has 3 rings (SSSR count). The number of hydrogen-bond donors (Lipinski definition) is 0. The molecule has 0 fully saturated rings.